The van der Waals surface area contributed by atoms with Crippen molar-refractivity contribution in [2.24, 2.45) is 25.5 Å². The number of benzene rings is 3. The molecule has 0 aromatic heterocycles. The van der Waals surface area contributed by atoms with Gasteiger partial charge in [0.25, 0.3) is 5.91 Å². The number of carboxylic acids is 1. The zero-order valence-corrected chi connectivity index (χ0v) is 36.1. The maximum absolute atomic E-state index is 12.8. The summed E-state index contributed by atoms with van der Waals surface area (Å²) in [7, 11) is -4.68. The van der Waals surface area contributed by atoms with E-state index in [4.69, 9.17) is 5.11 Å². The summed E-state index contributed by atoms with van der Waals surface area (Å²) in [5.41, 5.74) is 9.28. The van der Waals surface area contributed by atoms with Crippen LogP contribution in [0.15, 0.2) is 175 Å². The summed E-state index contributed by atoms with van der Waals surface area (Å²) in [5.74, 6) is -4.51. The molecule has 290 valence electrons. The molecule has 60 heavy (non-hydrogen) atoms. The van der Waals surface area contributed by atoms with Crippen molar-refractivity contribution in [1.29, 1.82) is 0 Å². The Morgan fingerprint density at radius 1 is 0.683 bits per heavy atom. The van der Waals surface area contributed by atoms with Gasteiger partial charge in [-0.1, -0.05) is 11.8 Å². The van der Waals surface area contributed by atoms with Crippen molar-refractivity contribution in [2.75, 3.05) is 16.2 Å². The summed E-state index contributed by atoms with van der Waals surface area (Å²) in [6, 6.07) is 17.5. The van der Waals surface area contributed by atoms with Gasteiger partial charge in [-0.05, 0) is 115 Å². The van der Waals surface area contributed by atoms with Crippen LogP contribution in [0.1, 0.15) is 10.4 Å². The van der Waals surface area contributed by atoms with Gasteiger partial charge in [0.15, 0.2) is 5.78 Å². The topological polar surface area (TPSA) is 296 Å². The number of nitrogens with one attached hydrogen (secondary N) is 4. The first-order chi connectivity index (χ1) is 27.7. The third-order valence-corrected chi connectivity index (χ3v) is 8.62. The molecule has 1 amide bonds. The predicted molar refractivity (Wildman–Crippen MR) is 206 cm³/mol. The average molecular weight is 846 g/mol. The van der Waals surface area contributed by atoms with Gasteiger partial charge in [0.2, 0.25) is 11.6 Å². The van der Waals surface area contributed by atoms with Crippen LogP contribution in [0, 0.1) is 0 Å². The third kappa shape index (κ3) is 12.4. The van der Waals surface area contributed by atoms with Gasteiger partial charge in [-0.2, -0.15) is 15.3 Å². The van der Waals surface area contributed by atoms with Crippen molar-refractivity contribution in [3.05, 3.63) is 150 Å². The van der Waals surface area contributed by atoms with E-state index in [0.29, 0.717) is 28.3 Å². The van der Waals surface area contributed by atoms with Gasteiger partial charge in [-0.3, -0.25) is 24.6 Å². The number of azo groups is 1. The molecule has 0 saturated carbocycles. The molecule has 0 unspecified atom stereocenters. The van der Waals surface area contributed by atoms with Gasteiger partial charge < -0.3 is 30.9 Å². The second-order valence-electron chi connectivity index (χ2n) is 11.9. The van der Waals surface area contributed by atoms with Gasteiger partial charge in [-0.25, -0.2) is 13.2 Å². The Morgan fingerprint density at radius 2 is 1.37 bits per heavy atom. The summed E-state index contributed by atoms with van der Waals surface area (Å²) in [5, 5.41) is 44.1. The minimum Gasteiger partial charge on any atom is -0.871 e. The van der Waals surface area contributed by atoms with E-state index in [1.165, 1.54) is 60.7 Å². The molecule has 0 heterocycles. The van der Waals surface area contributed by atoms with E-state index >= 15 is 0 Å². The van der Waals surface area contributed by atoms with Gasteiger partial charge >= 0.3 is 65.1 Å². The minimum atomic E-state index is -4.68. The second-order valence-corrected chi connectivity index (χ2v) is 13.3. The van der Waals surface area contributed by atoms with E-state index in [-0.39, 0.29) is 87.6 Å². The molecular formula is C38H25N9Na2O10S. The molecule has 19 nitrogen and oxygen atoms in total. The van der Waals surface area contributed by atoms with Crippen LogP contribution >= 0.6 is 0 Å². The molecule has 0 bridgehead atoms. The standard InChI is InChI=1S/C38H27N9O10S.2Na/c48-33-14-12-26(17-29(33)38(53)54)43-40-23-6-4-21(5-7-23)37(52)39-22-8-10-24(11-9-22)41-45-31-19-32(36(51)20-35(31)50)47-46-30-18-27(13-15-34(30)49)44-42-25-2-1-3-28(16-25)58(55,56)57;;/h1-20,40,42,44,51H,(H,39,52)(H,53,54)(H,55,56,57);;/q;2*+1/p-2. The van der Waals surface area contributed by atoms with Crippen molar-refractivity contribution in [3.63, 3.8) is 0 Å². The van der Waals surface area contributed by atoms with E-state index in [1.807, 2.05) is 0 Å². The smallest absolute Gasteiger partial charge is 0.871 e. The molecule has 0 spiro atoms. The molecule has 3 aromatic carbocycles. The Balaban J connectivity index is 0.00000397. The average Bonchev–Trinajstić information content (AvgIpc) is 3.20. The largest absolute Gasteiger partial charge is 1.00 e. The molecule has 0 radical (unpaired) electrons. The summed E-state index contributed by atoms with van der Waals surface area (Å²) < 4.78 is 33.9. The first kappa shape index (κ1) is 46.5. The molecule has 3 aliphatic rings. The molecular weight excluding hydrogens is 821 g/mol. The number of aliphatic carboxylic acids is 1. The number of hydrogen-bond donors (Lipinski definition) is 5. The van der Waals surface area contributed by atoms with Crippen LogP contribution in [0.25, 0.3) is 0 Å². The number of anilines is 3. The summed E-state index contributed by atoms with van der Waals surface area (Å²) in [6.07, 6.45) is 9.27. The fourth-order valence-electron chi connectivity index (χ4n) is 4.86. The van der Waals surface area contributed by atoms with E-state index in [0.717, 1.165) is 36.4 Å². The fraction of sp³-hybridized carbons (Fsp3) is 0. The number of ketones is 3. The number of carbonyl (C=O) groups excluding carboxylic acids is 4. The Hall–Kier alpha value is -6.23. The number of nitrogens with zero attached hydrogens (tertiary/aromatic N) is 5. The van der Waals surface area contributed by atoms with Crippen LogP contribution in [0.4, 0.5) is 22.7 Å². The number of allylic oxidation sites excluding steroid dienone is 8. The van der Waals surface area contributed by atoms with E-state index in [9.17, 15) is 42.0 Å². The molecule has 22 heteroatoms. The number of hydrazone groups is 1. The van der Waals surface area contributed by atoms with Gasteiger partial charge in [-0.15, -0.1) is 10.2 Å². The Morgan fingerprint density at radius 3 is 2.07 bits per heavy atom. The monoisotopic (exact) mass is 845 g/mol. The molecule has 0 aliphatic heterocycles. The number of amides is 1. The van der Waals surface area contributed by atoms with Crippen LogP contribution in [0.2, 0.25) is 0 Å². The summed E-state index contributed by atoms with van der Waals surface area (Å²) in [4.78, 5) is 60.1. The van der Waals surface area contributed by atoms with Crippen LogP contribution in [-0.2, 0) is 29.3 Å². The van der Waals surface area contributed by atoms with Crippen LogP contribution in [0.5, 0.6) is 0 Å². The van der Waals surface area contributed by atoms with Crippen LogP contribution < -0.4 is 85.8 Å². The predicted octanol–water partition coefficient (Wildman–Crippen LogP) is -3.00. The zero-order valence-electron chi connectivity index (χ0n) is 31.3. The Labute approximate surface area is 384 Å². The molecule has 0 atom stereocenters. The normalized spacial score (nSPS) is 16.9. The fourth-order valence-corrected chi connectivity index (χ4v) is 5.37. The van der Waals surface area contributed by atoms with Gasteiger partial charge in [0, 0.05) is 11.3 Å². The van der Waals surface area contributed by atoms with Crippen LogP contribution in [0.3, 0.4) is 0 Å². The number of rotatable bonds is 12. The van der Waals surface area contributed by atoms with E-state index < -0.39 is 55.6 Å². The molecule has 3 aromatic rings. The number of carboxylic acid groups (broad SMARTS) is 1. The number of carbonyl (C=O) groups is 5. The number of hydrazine groups is 1. The molecule has 5 N–H and O–H groups in total. The van der Waals surface area contributed by atoms with Crippen molar-refractivity contribution >= 4 is 79.2 Å². The van der Waals surface area contributed by atoms with E-state index in [2.05, 4.69) is 47.1 Å². The Bertz CT molecular complexity index is 2700. The zero-order chi connectivity index (χ0) is 41.4. The SMILES string of the molecule is O=C(O)C1=CC(=NNc2ccc(C(=O)Nc3ccc(N=NC4=CC(=NN=C5C=C(NNc6cccc(S(=O)(=O)[O-])c6)C=CC5=O)C([O-])=CC4=O)cc3)cc2)C=CC1=O.[Na+].[Na+]. The van der Waals surface area contributed by atoms with Gasteiger partial charge in [0.1, 0.15) is 27.1 Å². The van der Waals surface area contributed by atoms with Crippen molar-refractivity contribution < 1.29 is 106 Å². The van der Waals surface area contributed by atoms with Gasteiger partial charge in [0.05, 0.1) is 39.1 Å². The number of hydrogen-bond acceptors (Lipinski definition) is 17. The molecule has 6 rings (SSSR count). The van der Waals surface area contributed by atoms with Crippen molar-refractivity contribution in [3.8, 4) is 0 Å². The maximum atomic E-state index is 12.8. The third-order valence-electron chi connectivity index (χ3n) is 7.79. The molecule has 3 aliphatic carbocycles. The second kappa shape index (κ2) is 20.6. The van der Waals surface area contributed by atoms with Crippen LogP contribution in [-0.4, -0.2) is 64.4 Å². The molecule has 0 saturated heterocycles. The quantitative estimate of drug-likeness (QED) is 0.0231. The summed E-state index contributed by atoms with van der Waals surface area (Å²) >= 11 is 0. The first-order valence-corrected chi connectivity index (χ1v) is 17.9. The Kier molecular flexibility index (Phi) is 16.0. The first-order valence-electron chi connectivity index (χ1n) is 16.5. The summed E-state index contributed by atoms with van der Waals surface area (Å²) in [6.45, 7) is 0. The van der Waals surface area contributed by atoms with E-state index in [1.54, 1.807) is 24.3 Å². The minimum absolute atomic E-state index is 0. The molecule has 0 fully saturated rings. The van der Waals surface area contributed by atoms with Crippen molar-refractivity contribution in [2.45, 2.75) is 4.90 Å². The van der Waals surface area contributed by atoms with Crippen molar-refractivity contribution in [1.82, 2.24) is 5.43 Å². The maximum Gasteiger partial charge on any atom is 1.00 e.